The fourth-order valence-electron chi connectivity index (χ4n) is 2.43. The summed E-state index contributed by atoms with van der Waals surface area (Å²) >= 11 is 3.35. The summed E-state index contributed by atoms with van der Waals surface area (Å²) in [6.07, 6.45) is 4.11. The summed E-state index contributed by atoms with van der Waals surface area (Å²) in [7, 11) is 0. The molecular weight excluding hydrogens is 298 g/mol. The Morgan fingerprint density at radius 1 is 1.05 bits per heavy atom. The molecule has 3 nitrogen and oxygen atoms in total. The number of anilines is 1. The third-order valence-electron chi connectivity index (χ3n) is 3.37. The van der Waals surface area contributed by atoms with Gasteiger partial charge in [-0.2, -0.15) is 0 Å². The number of imidazole rings is 1. The van der Waals surface area contributed by atoms with E-state index in [1.54, 1.807) is 23.7 Å². The average molecular weight is 315 g/mol. The van der Waals surface area contributed by atoms with Crippen molar-refractivity contribution in [3.8, 4) is 5.69 Å². The zero-order valence-electron chi connectivity index (χ0n) is 12.3. The van der Waals surface area contributed by atoms with Gasteiger partial charge in [-0.25, -0.2) is 4.98 Å². The Kier molecular flexibility index (Phi) is 4.12. The van der Waals surface area contributed by atoms with Crippen molar-refractivity contribution < 1.29 is 0 Å². The van der Waals surface area contributed by atoms with Gasteiger partial charge < -0.3 is 4.72 Å². The van der Waals surface area contributed by atoms with E-state index in [9.17, 15) is 0 Å². The van der Waals surface area contributed by atoms with Crippen molar-refractivity contribution in [3.05, 3.63) is 48.3 Å². The molecule has 3 rings (SSSR count). The van der Waals surface area contributed by atoms with Crippen molar-refractivity contribution in [1.29, 1.82) is 0 Å². The number of aromatic nitrogens is 2. The lowest BCUT2D eigenvalue weighted by molar-refractivity contribution is 0.999. The van der Waals surface area contributed by atoms with Crippen LogP contribution >= 0.6 is 23.7 Å². The van der Waals surface area contributed by atoms with Crippen LogP contribution in [-0.4, -0.2) is 22.1 Å². The number of hydrogen-bond donors (Lipinski definition) is 1. The van der Waals surface area contributed by atoms with Crippen LogP contribution in [-0.2, 0) is 0 Å². The highest BCUT2D eigenvalue weighted by atomic mass is 32.2. The second-order valence-corrected chi connectivity index (χ2v) is 6.19. The molecule has 21 heavy (non-hydrogen) atoms. The number of benzene rings is 2. The molecule has 1 heterocycles. The van der Waals surface area contributed by atoms with Crippen molar-refractivity contribution in [1.82, 2.24) is 9.55 Å². The maximum absolute atomic E-state index is 4.66. The van der Waals surface area contributed by atoms with Crippen molar-refractivity contribution in [2.75, 3.05) is 17.2 Å². The van der Waals surface area contributed by atoms with E-state index < -0.39 is 0 Å². The summed E-state index contributed by atoms with van der Waals surface area (Å²) in [6.45, 7) is 2.05. The quantitative estimate of drug-likeness (QED) is 0.556. The van der Waals surface area contributed by atoms with Crippen molar-refractivity contribution in [2.24, 2.45) is 0 Å². The Morgan fingerprint density at radius 2 is 1.81 bits per heavy atom. The van der Waals surface area contributed by atoms with Gasteiger partial charge in [0.2, 0.25) is 0 Å². The largest absolute Gasteiger partial charge is 0.330 e. The highest BCUT2D eigenvalue weighted by molar-refractivity contribution is 7.99. The number of nitrogens with one attached hydrogen (secondary N) is 1. The average Bonchev–Trinajstić information content (AvgIpc) is 2.83. The fourth-order valence-corrected chi connectivity index (χ4v) is 3.21. The summed E-state index contributed by atoms with van der Waals surface area (Å²) in [5, 5.41) is 0. The molecule has 0 unspecified atom stereocenters. The molecule has 1 N–H and O–H groups in total. The zero-order valence-corrected chi connectivity index (χ0v) is 13.9. The monoisotopic (exact) mass is 315 g/mol. The minimum atomic E-state index is 1.00. The Morgan fingerprint density at radius 3 is 2.48 bits per heavy atom. The number of fused-ring (bicyclic) bond motifs is 1. The number of nitrogens with zero attached hydrogens (tertiary/aromatic N) is 2. The van der Waals surface area contributed by atoms with E-state index in [2.05, 4.69) is 63.0 Å². The van der Waals surface area contributed by atoms with Gasteiger partial charge in [-0.3, -0.25) is 4.57 Å². The second-order valence-electron chi connectivity index (χ2n) is 4.70. The molecule has 1 aromatic heterocycles. The molecule has 2 aromatic carbocycles. The first kappa shape index (κ1) is 14.4. The van der Waals surface area contributed by atoms with Crippen molar-refractivity contribution in [2.45, 2.75) is 11.8 Å². The molecule has 0 bridgehead atoms. The lowest BCUT2D eigenvalue weighted by Crippen LogP contribution is -1.97. The van der Waals surface area contributed by atoms with Crippen LogP contribution in [0.2, 0.25) is 0 Å². The van der Waals surface area contributed by atoms with E-state index in [4.69, 9.17) is 0 Å². The SMILES string of the molecule is CSNc1ccc2nc(C)n(-c3ccc(SC)cc3)c2c1. The number of rotatable bonds is 4. The van der Waals surface area contributed by atoms with Crippen LogP contribution in [0.3, 0.4) is 0 Å². The highest BCUT2D eigenvalue weighted by Gasteiger charge is 2.10. The molecule has 108 valence electrons. The molecule has 3 aromatic rings. The summed E-state index contributed by atoms with van der Waals surface area (Å²) < 4.78 is 5.48. The third kappa shape index (κ3) is 2.76. The van der Waals surface area contributed by atoms with Crippen LogP contribution < -0.4 is 4.72 Å². The van der Waals surface area contributed by atoms with Gasteiger partial charge in [0.25, 0.3) is 0 Å². The van der Waals surface area contributed by atoms with Crippen LogP contribution in [0.15, 0.2) is 47.4 Å². The molecule has 0 aliphatic heterocycles. The highest BCUT2D eigenvalue weighted by Crippen LogP contribution is 2.26. The van der Waals surface area contributed by atoms with Crippen molar-refractivity contribution in [3.63, 3.8) is 0 Å². The van der Waals surface area contributed by atoms with Gasteiger partial charge in [0.05, 0.1) is 11.0 Å². The minimum absolute atomic E-state index is 1.00. The molecule has 0 aliphatic carbocycles. The normalized spacial score (nSPS) is 11.0. The Hall–Kier alpha value is -1.59. The fraction of sp³-hybridized carbons (Fsp3) is 0.188. The summed E-state index contributed by atoms with van der Waals surface area (Å²) in [5.41, 5.74) is 4.39. The molecule has 0 fully saturated rings. The van der Waals surface area contributed by atoms with Gasteiger partial charge in [0.15, 0.2) is 0 Å². The first-order valence-corrected chi connectivity index (χ1v) is 9.10. The summed E-state index contributed by atoms with van der Waals surface area (Å²) in [5.74, 6) is 1.00. The van der Waals surface area contributed by atoms with E-state index in [0.29, 0.717) is 0 Å². The summed E-state index contributed by atoms with van der Waals surface area (Å²) in [6, 6.07) is 14.9. The van der Waals surface area contributed by atoms with Crippen LogP contribution in [0, 0.1) is 6.92 Å². The maximum Gasteiger partial charge on any atom is 0.111 e. The molecular formula is C16H17N3S2. The molecule has 0 aliphatic rings. The summed E-state index contributed by atoms with van der Waals surface area (Å²) in [4.78, 5) is 5.93. The first-order chi connectivity index (χ1) is 10.2. The van der Waals surface area contributed by atoms with E-state index >= 15 is 0 Å². The number of aryl methyl sites for hydroxylation is 1. The van der Waals surface area contributed by atoms with Crippen LogP contribution in [0.5, 0.6) is 0 Å². The zero-order chi connectivity index (χ0) is 14.8. The van der Waals surface area contributed by atoms with Gasteiger partial charge in [-0.1, -0.05) is 11.9 Å². The molecule has 0 atom stereocenters. The Bertz CT molecular complexity index is 763. The second kappa shape index (κ2) is 6.03. The molecule has 0 saturated carbocycles. The molecule has 0 radical (unpaired) electrons. The minimum Gasteiger partial charge on any atom is -0.330 e. The predicted molar refractivity (Wildman–Crippen MR) is 94.7 cm³/mol. The van der Waals surface area contributed by atoms with E-state index in [0.717, 1.165) is 28.2 Å². The number of hydrogen-bond acceptors (Lipinski definition) is 4. The topological polar surface area (TPSA) is 29.9 Å². The molecule has 5 heteroatoms. The van der Waals surface area contributed by atoms with Crippen LogP contribution in [0.4, 0.5) is 5.69 Å². The standard InChI is InChI=1S/C16H17N3S2/c1-11-17-15-9-4-12(18-21-3)10-16(15)19(11)13-5-7-14(20-2)8-6-13/h4-10,18H,1-3H3. The van der Waals surface area contributed by atoms with Crippen LogP contribution in [0.1, 0.15) is 5.82 Å². The molecule has 0 spiro atoms. The maximum atomic E-state index is 4.66. The van der Waals surface area contributed by atoms with E-state index in [-0.39, 0.29) is 0 Å². The van der Waals surface area contributed by atoms with Crippen LogP contribution in [0.25, 0.3) is 16.7 Å². The van der Waals surface area contributed by atoms with Gasteiger partial charge in [0, 0.05) is 22.5 Å². The molecule has 0 saturated heterocycles. The van der Waals surface area contributed by atoms with Gasteiger partial charge in [0.1, 0.15) is 5.82 Å². The third-order valence-corrected chi connectivity index (χ3v) is 4.56. The lowest BCUT2D eigenvalue weighted by atomic mass is 10.2. The Labute approximate surface area is 133 Å². The van der Waals surface area contributed by atoms with E-state index in [1.807, 2.05) is 13.2 Å². The predicted octanol–water partition coefficient (Wildman–Crippen LogP) is 4.75. The molecule has 0 amide bonds. The van der Waals surface area contributed by atoms with Gasteiger partial charge in [-0.15, -0.1) is 11.8 Å². The smallest absolute Gasteiger partial charge is 0.111 e. The first-order valence-electron chi connectivity index (χ1n) is 6.65. The van der Waals surface area contributed by atoms with Gasteiger partial charge in [-0.05, 0) is 55.6 Å². The number of thioether (sulfide) groups is 1. The van der Waals surface area contributed by atoms with Gasteiger partial charge >= 0.3 is 0 Å². The lowest BCUT2D eigenvalue weighted by Gasteiger charge is -2.09. The van der Waals surface area contributed by atoms with E-state index in [1.165, 1.54) is 4.90 Å². The Balaban J connectivity index is 2.15. The van der Waals surface area contributed by atoms with Crippen molar-refractivity contribution >= 4 is 40.4 Å².